The van der Waals surface area contributed by atoms with Crippen molar-refractivity contribution in [3.05, 3.63) is 59.7 Å². The first-order valence-corrected chi connectivity index (χ1v) is 10.8. The van der Waals surface area contributed by atoms with Crippen LogP contribution in [0, 0.1) is 0 Å². The van der Waals surface area contributed by atoms with Crippen molar-refractivity contribution in [3.63, 3.8) is 0 Å². The predicted molar refractivity (Wildman–Crippen MR) is 108 cm³/mol. The third-order valence-electron chi connectivity index (χ3n) is 5.32. The summed E-state index contributed by atoms with van der Waals surface area (Å²) in [5, 5.41) is 0. The second-order valence-electron chi connectivity index (χ2n) is 6.87. The zero-order valence-electron chi connectivity index (χ0n) is 16.1. The quantitative estimate of drug-likeness (QED) is 0.761. The molecule has 5 nitrogen and oxygen atoms in total. The van der Waals surface area contributed by atoms with Crippen molar-refractivity contribution in [2.45, 2.75) is 44.0 Å². The van der Waals surface area contributed by atoms with Gasteiger partial charge in [-0.1, -0.05) is 38.1 Å². The number of hydrogen-bond acceptors (Lipinski definition) is 3. The highest BCUT2D eigenvalue weighted by atomic mass is 32.2. The maximum Gasteiger partial charge on any atom is 0.264 e. The number of carbonyl (C=O) groups is 1. The second kappa shape index (κ2) is 7.72. The Morgan fingerprint density at radius 1 is 1.11 bits per heavy atom. The van der Waals surface area contributed by atoms with Crippen molar-refractivity contribution >= 4 is 21.6 Å². The third-order valence-corrected chi connectivity index (χ3v) is 7.13. The Balaban J connectivity index is 1.93. The zero-order valence-corrected chi connectivity index (χ0v) is 16.9. The molecule has 1 heterocycles. The van der Waals surface area contributed by atoms with E-state index < -0.39 is 10.0 Å². The van der Waals surface area contributed by atoms with Gasteiger partial charge in [0.15, 0.2) is 0 Å². The molecule has 0 atom stereocenters. The van der Waals surface area contributed by atoms with Crippen LogP contribution in [0.1, 0.15) is 42.6 Å². The fraction of sp³-hybridized carbons (Fsp3) is 0.381. The van der Waals surface area contributed by atoms with Crippen LogP contribution >= 0.6 is 0 Å². The van der Waals surface area contributed by atoms with Crippen LogP contribution in [-0.4, -0.2) is 38.9 Å². The van der Waals surface area contributed by atoms with Crippen molar-refractivity contribution in [1.82, 2.24) is 4.90 Å². The molecule has 0 fully saturated rings. The fourth-order valence-corrected chi connectivity index (χ4v) is 5.23. The van der Waals surface area contributed by atoms with Gasteiger partial charge in [-0.2, -0.15) is 0 Å². The number of carbonyl (C=O) groups excluding carboxylic acids is 1. The van der Waals surface area contributed by atoms with Gasteiger partial charge in [0.25, 0.3) is 15.9 Å². The van der Waals surface area contributed by atoms with E-state index >= 15 is 0 Å². The van der Waals surface area contributed by atoms with Crippen molar-refractivity contribution < 1.29 is 13.2 Å². The molecule has 3 rings (SSSR count). The Labute approximate surface area is 161 Å². The van der Waals surface area contributed by atoms with Gasteiger partial charge in [-0.3, -0.25) is 9.10 Å². The van der Waals surface area contributed by atoms with E-state index in [1.165, 1.54) is 10.4 Å². The van der Waals surface area contributed by atoms with E-state index in [-0.39, 0.29) is 16.8 Å². The van der Waals surface area contributed by atoms with E-state index in [4.69, 9.17) is 0 Å². The van der Waals surface area contributed by atoms with Crippen LogP contribution in [0.15, 0.2) is 53.4 Å². The Kier molecular flexibility index (Phi) is 5.56. The molecule has 1 aliphatic rings. The minimum absolute atomic E-state index is 0.142. The number of anilines is 1. The predicted octanol–water partition coefficient (Wildman–Crippen LogP) is 3.70. The van der Waals surface area contributed by atoms with Gasteiger partial charge < -0.3 is 4.90 Å². The molecule has 0 saturated heterocycles. The second-order valence-corrected chi connectivity index (χ2v) is 8.73. The number of benzene rings is 2. The summed E-state index contributed by atoms with van der Waals surface area (Å²) in [6.45, 7) is 4.51. The van der Waals surface area contributed by atoms with Gasteiger partial charge in [-0.25, -0.2) is 8.42 Å². The molecule has 0 aliphatic carbocycles. The molecule has 0 spiro atoms. The highest BCUT2D eigenvalue weighted by Crippen LogP contribution is 2.32. The molecular weight excluding hydrogens is 360 g/mol. The largest absolute Gasteiger partial charge is 0.339 e. The Hall–Kier alpha value is -2.34. The average Bonchev–Trinajstić information content (AvgIpc) is 3.13. The summed E-state index contributed by atoms with van der Waals surface area (Å²) in [5.41, 5.74) is 2.16. The number of nitrogens with zero attached hydrogens (tertiary/aromatic N) is 2. The third kappa shape index (κ3) is 3.58. The van der Waals surface area contributed by atoms with Gasteiger partial charge in [0.1, 0.15) is 0 Å². The van der Waals surface area contributed by atoms with Crippen molar-refractivity contribution in [2.75, 3.05) is 17.9 Å². The van der Waals surface area contributed by atoms with Gasteiger partial charge in [-0.05, 0) is 49.1 Å². The van der Waals surface area contributed by atoms with Crippen LogP contribution in [0.4, 0.5) is 5.69 Å². The first-order chi connectivity index (χ1) is 12.9. The molecule has 0 saturated carbocycles. The number of rotatable bonds is 6. The minimum Gasteiger partial charge on any atom is -0.339 e. The molecule has 0 N–H and O–H groups in total. The van der Waals surface area contributed by atoms with Crippen LogP contribution < -0.4 is 4.31 Å². The first-order valence-electron chi connectivity index (χ1n) is 9.38. The fourth-order valence-electron chi connectivity index (χ4n) is 3.68. The maximum atomic E-state index is 13.2. The molecule has 0 aromatic heterocycles. The Bertz CT molecular complexity index is 936. The molecule has 144 valence electrons. The van der Waals surface area contributed by atoms with E-state index in [9.17, 15) is 13.2 Å². The molecule has 0 radical (unpaired) electrons. The van der Waals surface area contributed by atoms with Gasteiger partial charge in [0, 0.05) is 25.2 Å². The van der Waals surface area contributed by atoms with Gasteiger partial charge >= 0.3 is 0 Å². The number of fused-ring (bicyclic) bond motifs is 1. The molecule has 27 heavy (non-hydrogen) atoms. The van der Waals surface area contributed by atoms with Crippen LogP contribution in [0.2, 0.25) is 0 Å². The van der Waals surface area contributed by atoms with Crippen molar-refractivity contribution in [3.8, 4) is 0 Å². The smallest absolute Gasteiger partial charge is 0.264 e. The SMILES string of the molecule is CCC(CC)N(C)C(=O)c1cccc(S(=O)(=O)N2CCc3ccccc32)c1. The van der Waals surface area contributed by atoms with E-state index in [0.717, 1.165) is 24.1 Å². The molecule has 2 aromatic rings. The molecule has 1 aliphatic heterocycles. The maximum absolute atomic E-state index is 13.2. The molecule has 6 heteroatoms. The topological polar surface area (TPSA) is 57.7 Å². The summed E-state index contributed by atoms with van der Waals surface area (Å²) in [4.78, 5) is 14.7. The lowest BCUT2D eigenvalue weighted by Gasteiger charge is -2.26. The van der Waals surface area contributed by atoms with Gasteiger partial charge in [0.05, 0.1) is 10.6 Å². The summed E-state index contributed by atoms with van der Waals surface area (Å²) >= 11 is 0. The van der Waals surface area contributed by atoms with Crippen LogP contribution in [0.5, 0.6) is 0 Å². The van der Waals surface area contributed by atoms with E-state index in [1.54, 1.807) is 30.1 Å². The molecular formula is C21H26N2O3S. The lowest BCUT2D eigenvalue weighted by Crippen LogP contribution is -2.36. The monoisotopic (exact) mass is 386 g/mol. The van der Waals surface area contributed by atoms with Crippen molar-refractivity contribution in [2.24, 2.45) is 0 Å². The van der Waals surface area contributed by atoms with Crippen LogP contribution in [-0.2, 0) is 16.4 Å². The van der Waals surface area contributed by atoms with Gasteiger partial charge in [0.2, 0.25) is 0 Å². The molecule has 2 aromatic carbocycles. The minimum atomic E-state index is -3.70. The molecule has 1 amide bonds. The van der Waals surface area contributed by atoms with Gasteiger partial charge in [-0.15, -0.1) is 0 Å². The summed E-state index contributed by atoms with van der Waals surface area (Å²) in [6, 6.07) is 14.1. The highest BCUT2D eigenvalue weighted by Gasteiger charge is 2.31. The molecule has 0 bridgehead atoms. The Morgan fingerprint density at radius 3 is 2.52 bits per heavy atom. The van der Waals surface area contributed by atoms with Crippen LogP contribution in [0.25, 0.3) is 0 Å². The Morgan fingerprint density at radius 2 is 1.81 bits per heavy atom. The zero-order chi connectivity index (χ0) is 19.6. The number of sulfonamides is 1. The first kappa shape index (κ1) is 19.4. The van der Waals surface area contributed by atoms with Crippen molar-refractivity contribution in [1.29, 1.82) is 0 Å². The van der Waals surface area contributed by atoms with Crippen LogP contribution in [0.3, 0.4) is 0 Å². The molecule has 0 unspecified atom stereocenters. The van der Waals surface area contributed by atoms with E-state index in [2.05, 4.69) is 0 Å². The number of hydrogen-bond donors (Lipinski definition) is 0. The highest BCUT2D eigenvalue weighted by molar-refractivity contribution is 7.92. The summed E-state index contributed by atoms with van der Waals surface area (Å²) < 4.78 is 27.8. The van der Waals surface area contributed by atoms with E-state index in [0.29, 0.717) is 18.5 Å². The number of para-hydroxylation sites is 1. The normalized spacial score (nSPS) is 13.7. The average molecular weight is 387 g/mol. The standard InChI is InChI=1S/C21H26N2O3S/c1-4-18(5-2)22(3)21(24)17-10-8-11-19(15-17)27(25,26)23-14-13-16-9-6-7-12-20(16)23/h6-12,15,18H,4-5,13-14H2,1-3H3. The summed E-state index contributed by atoms with van der Waals surface area (Å²) in [5.74, 6) is -0.150. The summed E-state index contributed by atoms with van der Waals surface area (Å²) in [6.07, 6.45) is 2.42. The lowest BCUT2D eigenvalue weighted by atomic mass is 10.1. The summed E-state index contributed by atoms with van der Waals surface area (Å²) in [7, 11) is -1.93. The lowest BCUT2D eigenvalue weighted by molar-refractivity contribution is 0.0723. The van der Waals surface area contributed by atoms with E-state index in [1.807, 2.05) is 38.1 Å². The number of amides is 1.